The van der Waals surface area contributed by atoms with Crippen LogP contribution in [0.5, 0.6) is 0 Å². The van der Waals surface area contributed by atoms with Gasteiger partial charge >= 0.3 is 0 Å². The van der Waals surface area contributed by atoms with E-state index >= 15 is 0 Å². The highest BCUT2D eigenvalue weighted by atomic mass is 19.1. The Hall–Kier alpha value is -0.820. The minimum atomic E-state index is -1.41. The van der Waals surface area contributed by atoms with Crippen LogP contribution in [0.1, 0.15) is 119 Å². The van der Waals surface area contributed by atoms with Crippen LogP contribution >= 0.6 is 0 Å². The Morgan fingerprint density at radius 1 is 0.857 bits per heavy atom. The van der Waals surface area contributed by atoms with Crippen molar-refractivity contribution in [1.82, 2.24) is 0 Å². The van der Waals surface area contributed by atoms with Gasteiger partial charge in [0.2, 0.25) is 0 Å². The molecule has 0 amide bonds. The van der Waals surface area contributed by atoms with Crippen LogP contribution in [0.4, 0.5) is 4.39 Å². The fraction of sp³-hybridized carbons (Fsp3) is 0.917. The van der Waals surface area contributed by atoms with E-state index in [9.17, 15) is 24.5 Å². The van der Waals surface area contributed by atoms with Gasteiger partial charge in [-0.25, -0.2) is 4.39 Å². The van der Waals surface area contributed by atoms with E-state index < -0.39 is 37.2 Å². The summed E-state index contributed by atoms with van der Waals surface area (Å²) < 4.78 is 19.8. The molecule has 6 rings (SSSR count). The molecule has 0 radical (unpaired) electrons. The second-order valence-electron chi connectivity index (χ2n) is 17.8. The Kier molecular flexibility index (Phi) is 7.30. The lowest BCUT2D eigenvalue weighted by Gasteiger charge is -2.71. The van der Waals surface area contributed by atoms with Crippen molar-refractivity contribution in [3.63, 3.8) is 0 Å². The lowest BCUT2D eigenvalue weighted by Crippen LogP contribution is -2.64. The Bertz CT molecular complexity index is 1130. The van der Waals surface area contributed by atoms with Gasteiger partial charge < -0.3 is 20.1 Å². The maximum Gasteiger partial charge on any atom is 0.138 e. The zero-order valence-corrected chi connectivity index (χ0v) is 27.2. The molecule has 0 bridgehead atoms. The van der Waals surface area contributed by atoms with E-state index in [1.807, 2.05) is 0 Å². The predicted octanol–water partition coefficient (Wildman–Crippen LogP) is 6.57. The molecule has 4 saturated carbocycles. The van der Waals surface area contributed by atoms with E-state index in [0.29, 0.717) is 36.4 Å². The molecule has 42 heavy (non-hydrogen) atoms. The SMILES string of the molecule is CC1(C)CC[C@]2(CC3OC(CF)[C@@H](O)[C@H](O)[C@@H]3O)CC[C@]3(C)C(=CCC4[C@@]5(C)CCC(=O)C(C)(C)C5CC[C@]43C)C2C1. The number of carbonyl (C=O) groups is 1. The molecule has 0 spiro atoms. The smallest absolute Gasteiger partial charge is 0.138 e. The van der Waals surface area contributed by atoms with Gasteiger partial charge in [0.15, 0.2) is 0 Å². The highest BCUT2D eigenvalue weighted by Gasteiger charge is 2.68. The third-order valence-electron chi connectivity index (χ3n) is 15.1. The van der Waals surface area contributed by atoms with Crippen molar-refractivity contribution < 1.29 is 29.2 Å². The first-order valence-electron chi connectivity index (χ1n) is 17.0. The number of carbonyl (C=O) groups excluding carboxylic acids is 1. The highest BCUT2D eigenvalue weighted by Crippen LogP contribution is 2.76. The maximum absolute atomic E-state index is 13.8. The van der Waals surface area contributed by atoms with Crippen LogP contribution in [-0.2, 0) is 9.53 Å². The number of allylic oxidation sites excluding steroid dienone is 2. The van der Waals surface area contributed by atoms with Gasteiger partial charge in [0.1, 0.15) is 36.9 Å². The second-order valence-corrected chi connectivity index (χ2v) is 17.8. The number of ether oxygens (including phenoxy) is 1. The standard InChI is InChI=1S/C36H57FO5/c1-31(2)14-16-36(19-23-28(39)30(41)29(40)24(20-37)42-23)17-15-34(6)21(22(36)18-31)8-9-26-33(5)12-11-27(38)32(3,4)25(33)10-13-35(26,34)7/h8,22-26,28-30,39-41H,9-20H2,1-7H3/t22?,23?,24?,25?,26?,28-,29-,30-,33+,34-,35-,36-/m1/s1. The van der Waals surface area contributed by atoms with Crippen molar-refractivity contribution in [2.75, 3.05) is 6.67 Å². The van der Waals surface area contributed by atoms with Gasteiger partial charge in [0, 0.05) is 11.8 Å². The molecule has 0 aromatic rings. The van der Waals surface area contributed by atoms with E-state index in [2.05, 4.69) is 54.5 Å². The van der Waals surface area contributed by atoms with E-state index in [1.165, 1.54) is 0 Å². The van der Waals surface area contributed by atoms with Crippen LogP contribution in [-0.4, -0.2) is 58.3 Å². The summed E-state index contributed by atoms with van der Waals surface area (Å²) in [6, 6.07) is 0. The first kappa shape index (κ1) is 31.2. The molecule has 5 aliphatic carbocycles. The Labute approximate surface area is 253 Å². The summed E-state index contributed by atoms with van der Waals surface area (Å²) in [6.45, 7) is 15.9. The van der Waals surface area contributed by atoms with Gasteiger partial charge in [-0.1, -0.05) is 60.1 Å². The fourth-order valence-electron chi connectivity index (χ4n) is 12.2. The normalized spacial score (nSPS) is 53.2. The average Bonchev–Trinajstić information content (AvgIpc) is 2.92. The summed E-state index contributed by atoms with van der Waals surface area (Å²) in [5.74, 6) is 1.75. The van der Waals surface area contributed by atoms with Gasteiger partial charge in [0.05, 0.1) is 6.10 Å². The molecule has 12 atom stereocenters. The molecular weight excluding hydrogens is 531 g/mol. The zero-order chi connectivity index (χ0) is 30.7. The van der Waals surface area contributed by atoms with Gasteiger partial charge in [-0.15, -0.1) is 0 Å². The molecule has 1 saturated heterocycles. The van der Waals surface area contributed by atoms with Crippen LogP contribution < -0.4 is 0 Å². The molecule has 5 unspecified atom stereocenters. The summed E-state index contributed by atoms with van der Waals surface area (Å²) in [6.07, 6.45) is 7.69. The summed E-state index contributed by atoms with van der Waals surface area (Å²) in [5, 5.41) is 31.9. The summed E-state index contributed by atoms with van der Waals surface area (Å²) in [7, 11) is 0. The molecular formula is C36H57FO5. The Morgan fingerprint density at radius 2 is 1.52 bits per heavy atom. The quantitative estimate of drug-likeness (QED) is 0.325. The second kappa shape index (κ2) is 9.84. The number of ketones is 1. The third-order valence-corrected chi connectivity index (χ3v) is 15.1. The molecule has 238 valence electrons. The molecule has 0 aromatic carbocycles. The number of alkyl halides is 1. The van der Waals surface area contributed by atoms with E-state index in [-0.39, 0.29) is 32.5 Å². The maximum atomic E-state index is 13.8. The van der Waals surface area contributed by atoms with Gasteiger partial charge in [-0.05, 0) is 109 Å². The van der Waals surface area contributed by atoms with Crippen molar-refractivity contribution in [3.05, 3.63) is 11.6 Å². The average molecular weight is 589 g/mol. The highest BCUT2D eigenvalue weighted by molar-refractivity contribution is 5.85. The molecule has 0 aromatic heterocycles. The summed E-state index contributed by atoms with van der Waals surface area (Å²) in [5.41, 5.74) is 1.80. The van der Waals surface area contributed by atoms with Crippen molar-refractivity contribution in [2.24, 2.45) is 50.2 Å². The molecule has 6 aliphatic rings. The number of fused-ring (bicyclic) bond motifs is 7. The number of rotatable bonds is 3. The van der Waals surface area contributed by atoms with E-state index in [4.69, 9.17) is 4.74 Å². The van der Waals surface area contributed by atoms with Crippen molar-refractivity contribution in [1.29, 1.82) is 0 Å². The topological polar surface area (TPSA) is 87.0 Å². The number of hydrogen-bond acceptors (Lipinski definition) is 5. The van der Waals surface area contributed by atoms with E-state index in [0.717, 1.165) is 57.8 Å². The third kappa shape index (κ3) is 4.16. The largest absolute Gasteiger partial charge is 0.388 e. The zero-order valence-electron chi connectivity index (χ0n) is 27.2. The van der Waals surface area contributed by atoms with Crippen LogP contribution in [0.3, 0.4) is 0 Å². The van der Waals surface area contributed by atoms with Crippen molar-refractivity contribution in [2.45, 2.75) is 150 Å². The van der Waals surface area contributed by atoms with Crippen LogP contribution in [0.15, 0.2) is 11.6 Å². The van der Waals surface area contributed by atoms with Crippen molar-refractivity contribution in [3.8, 4) is 0 Å². The molecule has 3 N–H and O–H groups in total. The number of Topliss-reactive ketones (excluding diaryl/α,β-unsaturated/α-hetero) is 1. The summed E-state index contributed by atoms with van der Waals surface area (Å²) >= 11 is 0. The monoisotopic (exact) mass is 588 g/mol. The Balaban J connectivity index is 1.37. The first-order valence-corrected chi connectivity index (χ1v) is 17.0. The Morgan fingerprint density at radius 3 is 2.21 bits per heavy atom. The molecule has 5 fully saturated rings. The minimum absolute atomic E-state index is 0.0559. The van der Waals surface area contributed by atoms with Crippen molar-refractivity contribution >= 4 is 5.78 Å². The lowest BCUT2D eigenvalue weighted by atomic mass is 9.33. The molecule has 1 heterocycles. The fourth-order valence-corrected chi connectivity index (χ4v) is 12.2. The molecule has 5 nitrogen and oxygen atoms in total. The molecule has 1 aliphatic heterocycles. The number of halogens is 1. The number of aliphatic hydroxyl groups is 3. The lowest BCUT2D eigenvalue weighted by molar-refractivity contribution is -0.238. The molecule has 6 heteroatoms. The minimum Gasteiger partial charge on any atom is -0.388 e. The first-order chi connectivity index (χ1) is 19.5. The predicted molar refractivity (Wildman–Crippen MR) is 161 cm³/mol. The number of aliphatic hydroxyl groups excluding tert-OH is 3. The number of hydrogen-bond donors (Lipinski definition) is 3. The van der Waals surface area contributed by atoms with Crippen LogP contribution in [0.2, 0.25) is 0 Å². The van der Waals surface area contributed by atoms with Gasteiger partial charge in [-0.2, -0.15) is 0 Å². The summed E-state index contributed by atoms with van der Waals surface area (Å²) in [4.78, 5) is 13.1. The van der Waals surface area contributed by atoms with Crippen LogP contribution in [0, 0.1) is 50.2 Å². The van der Waals surface area contributed by atoms with E-state index in [1.54, 1.807) is 5.57 Å². The van der Waals surface area contributed by atoms with Gasteiger partial charge in [0.25, 0.3) is 0 Å². The van der Waals surface area contributed by atoms with Crippen LogP contribution in [0.25, 0.3) is 0 Å². The van der Waals surface area contributed by atoms with Gasteiger partial charge in [-0.3, -0.25) is 4.79 Å².